The van der Waals surface area contributed by atoms with Crippen molar-refractivity contribution in [2.24, 2.45) is 9.98 Å². The molecule has 0 saturated carbocycles. The van der Waals surface area contributed by atoms with Gasteiger partial charge in [0, 0.05) is 23.3 Å². The van der Waals surface area contributed by atoms with Gasteiger partial charge in [-0.1, -0.05) is 18.2 Å². The largest absolute Gasteiger partial charge is 0.335 e. The van der Waals surface area contributed by atoms with Gasteiger partial charge in [-0.15, -0.1) is 0 Å². The molecule has 0 saturated heterocycles. The number of nitrogens with one attached hydrogen (secondary N) is 2. The van der Waals surface area contributed by atoms with E-state index in [1.807, 2.05) is 31.2 Å². The van der Waals surface area contributed by atoms with E-state index in [1.54, 1.807) is 24.5 Å². The number of aromatic nitrogens is 5. The molecule has 5 aromatic rings. The molecule has 5 rings (SSSR count). The Kier molecular flexibility index (Phi) is 4.87. The molecule has 2 aromatic carbocycles. The molecule has 3 heterocycles. The molecule has 0 atom stereocenters. The molecule has 0 bridgehead atoms. The van der Waals surface area contributed by atoms with Crippen LogP contribution in [0.2, 0.25) is 0 Å². The third-order valence-corrected chi connectivity index (χ3v) is 5.21. The number of hydrogen-bond donors (Lipinski definition) is 2. The average molecular weight is 423 g/mol. The van der Waals surface area contributed by atoms with Gasteiger partial charge in [-0.2, -0.15) is 5.10 Å². The van der Waals surface area contributed by atoms with E-state index in [4.69, 9.17) is 0 Å². The molecule has 156 valence electrons. The Hall–Kier alpha value is -4.46. The minimum absolute atomic E-state index is 0.279. The molecule has 0 radical (unpaired) electrons. The van der Waals surface area contributed by atoms with E-state index in [0.29, 0.717) is 17.2 Å². The highest BCUT2D eigenvalue weighted by Gasteiger charge is 2.16. The number of benzene rings is 2. The summed E-state index contributed by atoms with van der Waals surface area (Å²) in [6.07, 6.45) is 4.82. The number of allylic oxidation sites excluding steroid dienone is 1. The van der Waals surface area contributed by atoms with Gasteiger partial charge in [0.25, 0.3) is 0 Å². The van der Waals surface area contributed by atoms with Crippen molar-refractivity contribution in [1.29, 1.82) is 0 Å². The Morgan fingerprint density at radius 3 is 2.78 bits per heavy atom. The first-order valence-electron chi connectivity index (χ1n) is 9.88. The molecule has 0 aliphatic rings. The second-order valence-corrected chi connectivity index (χ2v) is 7.24. The lowest BCUT2D eigenvalue weighted by atomic mass is 10.0. The topological polar surface area (TPSA) is 95.0 Å². The van der Waals surface area contributed by atoms with E-state index in [2.05, 4.69) is 41.9 Å². The molecule has 7 nitrogen and oxygen atoms in total. The van der Waals surface area contributed by atoms with E-state index >= 15 is 0 Å². The van der Waals surface area contributed by atoms with Gasteiger partial charge in [-0.25, -0.2) is 19.4 Å². The number of hydrogen-bond acceptors (Lipinski definition) is 4. The quantitative estimate of drug-likeness (QED) is 0.293. The molecule has 3 aromatic heterocycles. The summed E-state index contributed by atoms with van der Waals surface area (Å²) in [5, 5.41) is 8.46. The molecule has 0 spiro atoms. The predicted molar refractivity (Wildman–Crippen MR) is 126 cm³/mol. The van der Waals surface area contributed by atoms with Crippen LogP contribution in [0.25, 0.3) is 50.3 Å². The van der Waals surface area contributed by atoms with E-state index in [-0.39, 0.29) is 5.82 Å². The van der Waals surface area contributed by atoms with Crippen LogP contribution < -0.4 is 0 Å². The first-order valence-corrected chi connectivity index (χ1v) is 9.88. The lowest BCUT2D eigenvalue weighted by molar-refractivity contribution is 0.628. The zero-order valence-electron chi connectivity index (χ0n) is 17.2. The van der Waals surface area contributed by atoms with Crippen molar-refractivity contribution in [3.05, 3.63) is 72.3 Å². The van der Waals surface area contributed by atoms with Crippen molar-refractivity contribution in [3.8, 4) is 22.6 Å². The average Bonchev–Trinajstić information content (AvgIpc) is 3.43. The Labute approximate surface area is 182 Å². The third-order valence-electron chi connectivity index (χ3n) is 5.21. The second-order valence-electron chi connectivity index (χ2n) is 7.24. The Morgan fingerprint density at radius 1 is 1.12 bits per heavy atom. The predicted octanol–water partition coefficient (Wildman–Crippen LogP) is 5.40. The van der Waals surface area contributed by atoms with Crippen molar-refractivity contribution in [3.63, 3.8) is 0 Å². The van der Waals surface area contributed by atoms with E-state index in [0.717, 1.165) is 38.7 Å². The van der Waals surface area contributed by atoms with Gasteiger partial charge in [-0.3, -0.25) is 10.1 Å². The number of H-pyrrole nitrogens is 2. The first-order chi connectivity index (χ1) is 15.6. The summed E-state index contributed by atoms with van der Waals surface area (Å²) in [6, 6.07) is 14.2. The van der Waals surface area contributed by atoms with Gasteiger partial charge in [0.2, 0.25) is 0 Å². The molecule has 0 aliphatic heterocycles. The highest BCUT2D eigenvalue weighted by molar-refractivity contribution is 5.97. The molecule has 0 amide bonds. The monoisotopic (exact) mass is 423 g/mol. The number of aromatic amines is 2. The molecule has 32 heavy (non-hydrogen) atoms. The van der Waals surface area contributed by atoms with Crippen LogP contribution in [-0.4, -0.2) is 38.2 Å². The summed E-state index contributed by atoms with van der Waals surface area (Å²) in [5.74, 6) is 0.319. The summed E-state index contributed by atoms with van der Waals surface area (Å²) in [4.78, 5) is 20.1. The standard InChI is InChI=1S/C24H18FN7/c1-14(12-27-13-26-2)16-5-8-20-19(11-16)22(32-31-20)24-29-21-18(9-10-28-23(21)30-24)15-3-6-17(25)7-4-15/h3-13H,2H2,1H3,(H,31,32)(H,28,29,30)/b14-12+,27-13?. The van der Waals surface area contributed by atoms with Crippen LogP contribution in [0.3, 0.4) is 0 Å². The van der Waals surface area contributed by atoms with Crippen LogP contribution in [0.15, 0.2) is 70.9 Å². The van der Waals surface area contributed by atoms with Crippen LogP contribution in [0, 0.1) is 5.82 Å². The van der Waals surface area contributed by atoms with Crippen LogP contribution in [0.4, 0.5) is 4.39 Å². The Bertz CT molecular complexity index is 1510. The zero-order valence-corrected chi connectivity index (χ0v) is 17.2. The maximum Gasteiger partial charge on any atom is 0.178 e. The number of halogens is 1. The fourth-order valence-electron chi connectivity index (χ4n) is 3.60. The van der Waals surface area contributed by atoms with Gasteiger partial charge in [-0.05, 0) is 60.7 Å². The van der Waals surface area contributed by atoms with E-state index in [9.17, 15) is 4.39 Å². The number of rotatable bonds is 5. The summed E-state index contributed by atoms with van der Waals surface area (Å²) < 4.78 is 13.4. The normalized spacial score (nSPS) is 12.2. The number of aliphatic imine (C=N–C) groups is 2. The first kappa shape index (κ1) is 19.5. The second kappa shape index (κ2) is 7.99. The lowest BCUT2D eigenvalue weighted by Gasteiger charge is -2.02. The number of pyridine rings is 1. The molecular formula is C24H18FN7. The summed E-state index contributed by atoms with van der Waals surface area (Å²) in [6.45, 7) is 5.36. The Balaban J connectivity index is 1.61. The van der Waals surface area contributed by atoms with Crippen molar-refractivity contribution < 1.29 is 4.39 Å². The van der Waals surface area contributed by atoms with Crippen molar-refractivity contribution in [2.45, 2.75) is 6.92 Å². The van der Waals surface area contributed by atoms with Gasteiger partial charge in [0.1, 0.15) is 17.8 Å². The van der Waals surface area contributed by atoms with Gasteiger partial charge in [0.05, 0.1) is 11.0 Å². The summed E-state index contributed by atoms with van der Waals surface area (Å²) in [5.41, 5.74) is 6.65. The number of fused-ring (bicyclic) bond motifs is 2. The van der Waals surface area contributed by atoms with Crippen LogP contribution in [-0.2, 0) is 0 Å². The fourth-order valence-corrected chi connectivity index (χ4v) is 3.60. The lowest BCUT2D eigenvalue weighted by Crippen LogP contribution is -1.84. The molecular weight excluding hydrogens is 405 g/mol. The SMILES string of the molecule is C=NC=N/C=C(\C)c1ccc2[nH]nc(-c3nc4nccc(-c5ccc(F)cc5)c4[nH]3)c2c1. The van der Waals surface area contributed by atoms with Crippen LogP contribution in [0.5, 0.6) is 0 Å². The molecule has 2 N–H and O–H groups in total. The third kappa shape index (κ3) is 3.47. The Morgan fingerprint density at radius 2 is 1.97 bits per heavy atom. The molecule has 0 unspecified atom stereocenters. The minimum atomic E-state index is -0.279. The smallest absolute Gasteiger partial charge is 0.178 e. The number of nitrogens with zero attached hydrogens (tertiary/aromatic N) is 5. The number of imidazole rings is 1. The van der Waals surface area contributed by atoms with E-state index < -0.39 is 0 Å². The van der Waals surface area contributed by atoms with Gasteiger partial charge < -0.3 is 4.98 Å². The maximum absolute atomic E-state index is 13.4. The molecule has 0 aliphatic carbocycles. The van der Waals surface area contributed by atoms with Crippen molar-refractivity contribution in [1.82, 2.24) is 25.1 Å². The molecule has 8 heteroatoms. The minimum Gasteiger partial charge on any atom is -0.335 e. The highest BCUT2D eigenvalue weighted by Crippen LogP contribution is 2.31. The van der Waals surface area contributed by atoms with Gasteiger partial charge >= 0.3 is 0 Å². The van der Waals surface area contributed by atoms with Crippen molar-refractivity contribution >= 4 is 40.7 Å². The van der Waals surface area contributed by atoms with Gasteiger partial charge in [0.15, 0.2) is 11.5 Å². The maximum atomic E-state index is 13.4. The van der Waals surface area contributed by atoms with Crippen LogP contribution >= 0.6 is 0 Å². The van der Waals surface area contributed by atoms with Crippen LogP contribution in [0.1, 0.15) is 12.5 Å². The summed E-state index contributed by atoms with van der Waals surface area (Å²) in [7, 11) is 0. The highest BCUT2D eigenvalue weighted by atomic mass is 19.1. The fraction of sp³-hybridized carbons (Fsp3) is 0.0417. The zero-order chi connectivity index (χ0) is 22.1. The van der Waals surface area contributed by atoms with E-state index in [1.165, 1.54) is 18.5 Å². The molecule has 0 fully saturated rings. The van der Waals surface area contributed by atoms with Crippen molar-refractivity contribution in [2.75, 3.05) is 0 Å². The summed E-state index contributed by atoms with van der Waals surface area (Å²) >= 11 is 0.